The lowest BCUT2D eigenvalue weighted by molar-refractivity contribution is 0.279. The van der Waals surface area contributed by atoms with E-state index in [9.17, 15) is 0 Å². The maximum Gasteiger partial charge on any atom is 0.171 e. The van der Waals surface area contributed by atoms with Crippen molar-refractivity contribution in [1.29, 1.82) is 0 Å². The van der Waals surface area contributed by atoms with Crippen LogP contribution in [0.4, 0.5) is 5.69 Å². The second-order valence-electron chi connectivity index (χ2n) is 6.33. The van der Waals surface area contributed by atoms with Crippen molar-refractivity contribution in [2.75, 3.05) is 5.32 Å². The molecule has 2 aliphatic carbocycles. The van der Waals surface area contributed by atoms with Gasteiger partial charge in [0.15, 0.2) is 5.11 Å². The Morgan fingerprint density at radius 1 is 1.29 bits per heavy atom. The highest BCUT2D eigenvalue weighted by Crippen LogP contribution is 2.49. The molecule has 2 bridgehead atoms. The van der Waals surface area contributed by atoms with Crippen LogP contribution in [-0.4, -0.2) is 11.2 Å². The van der Waals surface area contributed by atoms with Crippen LogP contribution in [0.15, 0.2) is 18.2 Å². The summed E-state index contributed by atoms with van der Waals surface area (Å²) >= 11 is 17.6. The van der Waals surface area contributed by atoms with Crippen LogP contribution in [0.5, 0.6) is 0 Å². The molecule has 0 aromatic heterocycles. The second-order valence-corrected chi connectivity index (χ2v) is 7.52. The van der Waals surface area contributed by atoms with E-state index >= 15 is 0 Å². The van der Waals surface area contributed by atoms with Crippen molar-refractivity contribution in [3.8, 4) is 0 Å². The lowest BCUT2D eigenvalue weighted by Crippen LogP contribution is -2.42. The van der Waals surface area contributed by atoms with Gasteiger partial charge in [0.05, 0.1) is 15.7 Å². The van der Waals surface area contributed by atoms with Crippen LogP contribution in [0.3, 0.4) is 0 Å². The summed E-state index contributed by atoms with van der Waals surface area (Å²) in [6.07, 6.45) is 5.58. The maximum atomic E-state index is 6.17. The molecule has 4 atom stereocenters. The summed E-state index contributed by atoms with van der Waals surface area (Å²) in [7, 11) is 0. The highest BCUT2D eigenvalue weighted by atomic mass is 35.5. The van der Waals surface area contributed by atoms with E-state index in [4.69, 9.17) is 35.4 Å². The minimum atomic E-state index is 0.401. The van der Waals surface area contributed by atoms with Gasteiger partial charge < -0.3 is 10.6 Å². The number of benzene rings is 1. The standard InChI is InChI=1S/C16H20Cl2N2S/c1-9(12-8-10-5-6-11(12)7-10)19-16(21)20-14-4-2-3-13(17)15(14)18/h2-4,9-12H,5-8H2,1H3,(H2,19,20,21). The van der Waals surface area contributed by atoms with Crippen LogP contribution in [0.2, 0.25) is 10.0 Å². The number of hydrogen-bond donors (Lipinski definition) is 2. The molecule has 114 valence electrons. The van der Waals surface area contributed by atoms with Gasteiger partial charge in [-0.15, -0.1) is 0 Å². The molecular weight excluding hydrogens is 323 g/mol. The number of thiocarbonyl (C=S) groups is 1. The van der Waals surface area contributed by atoms with Crippen molar-refractivity contribution >= 4 is 46.2 Å². The molecule has 0 saturated heterocycles. The van der Waals surface area contributed by atoms with Crippen LogP contribution in [0.1, 0.15) is 32.6 Å². The van der Waals surface area contributed by atoms with E-state index in [1.807, 2.05) is 12.1 Å². The molecule has 2 N–H and O–H groups in total. The van der Waals surface area contributed by atoms with E-state index in [2.05, 4.69) is 17.6 Å². The molecule has 2 saturated carbocycles. The van der Waals surface area contributed by atoms with Crippen molar-refractivity contribution < 1.29 is 0 Å². The maximum absolute atomic E-state index is 6.17. The molecule has 5 heteroatoms. The molecule has 21 heavy (non-hydrogen) atoms. The fourth-order valence-electron chi connectivity index (χ4n) is 3.98. The third-order valence-electron chi connectivity index (χ3n) is 4.99. The van der Waals surface area contributed by atoms with Gasteiger partial charge >= 0.3 is 0 Å². The van der Waals surface area contributed by atoms with Crippen LogP contribution in [0, 0.1) is 17.8 Å². The van der Waals surface area contributed by atoms with E-state index in [1.165, 1.54) is 25.7 Å². The summed E-state index contributed by atoms with van der Waals surface area (Å²) in [5, 5.41) is 8.24. The Labute approximate surface area is 141 Å². The van der Waals surface area contributed by atoms with Gasteiger partial charge in [0.2, 0.25) is 0 Å². The molecule has 2 aliphatic rings. The number of nitrogens with one attached hydrogen (secondary N) is 2. The minimum Gasteiger partial charge on any atom is -0.360 e. The zero-order valence-electron chi connectivity index (χ0n) is 12.0. The summed E-state index contributed by atoms with van der Waals surface area (Å²) < 4.78 is 0. The monoisotopic (exact) mass is 342 g/mol. The quantitative estimate of drug-likeness (QED) is 0.746. The Balaban J connectivity index is 1.58. The number of fused-ring (bicyclic) bond motifs is 2. The predicted molar refractivity (Wildman–Crippen MR) is 94.2 cm³/mol. The molecule has 4 unspecified atom stereocenters. The first-order chi connectivity index (χ1) is 10.0. The van der Waals surface area contributed by atoms with Crippen molar-refractivity contribution in [3.63, 3.8) is 0 Å². The molecular formula is C16H20Cl2N2S. The summed E-state index contributed by atoms with van der Waals surface area (Å²) in [6.45, 7) is 2.24. The summed E-state index contributed by atoms with van der Waals surface area (Å²) in [5.41, 5.74) is 0.752. The van der Waals surface area contributed by atoms with Crippen molar-refractivity contribution in [1.82, 2.24) is 5.32 Å². The second kappa shape index (κ2) is 6.31. The van der Waals surface area contributed by atoms with Gasteiger partial charge in [-0.25, -0.2) is 0 Å². The van der Waals surface area contributed by atoms with Crippen molar-refractivity contribution in [2.24, 2.45) is 17.8 Å². The van der Waals surface area contributed by atoms with Gasteiger partial charge in [-0.05, 0) is 68.3 Å². The Morgan fingerprint density at radius 3 is 2.76 bits per heavy atom. The third kappa shape index (κ3) is 3.30. The van der Waals surface area contributed by atoms with E-state index < -0.39 is 0 Å². The van der Waals surface area contributed by atoms with Crippen molar-refractivity contribution in [2.45, 2.75) is 38.6 Å². The van der Waals surface area contributed by atoms with Gasteiger partial charge in [0, 0.05) is 6.04 Å². The molecule has 0 amide bonds. The fraction of sp³-hybridized carbons (Fsp3) is 0.562. The zero-order chi connectivity index (χ0) is 15.0. The Kier molecular flexibility index (Phi) is 4.63. The molecule has 0 radical (unpaired) electrons. The molecule has 2 nitrogen and oxygen atoms in total. The Hall–Kier alpha value is -0.510. The molecule has 3 rings (SSSR count). The highest BCUT2D eigenvalue weighted by molar-refractivity contribution is 7.80. The zero-order valence-corrected chi connectivity index (χ0v) is 14.4. The SMILES string of the molecule is CC(NC(=S)Nc1cccc(Cl)c1Cl)C1CC2CCC1C2. The summed E-state index contributed by atoms with van der Waals surface area (Å²) in [6, 6.07) is 5.91. The summed E-state index contributed by atoms with van der Waals surface area (Å²) in [4.78, 5) is 0. The Bertz CT molecular complexity index is 549. The lowest BCUT2D eigenvalue weighted by atomic mass is 9.84. The number of rotatable bonds is 3. The smallest absolute Gasteiger partial charge is 0.171 e. The van der Waals surface area contributed by atoms with Crippen LogP contribution < -0.4 is 10.6 Å². The Morgan fingerprint density at radius 2 is 2.10 bits per heavy atom. The van der Waals surface area contributed by atoms with E-state index in [-0.39, 0.29) is 0 Å². The van der Waals surface area contributed by atoms with Crippen molar-refractivity contribution in [3.05, 3.63) is 28.2 Å². The number of hydrogen-bond acceptors (Lipinski definition) is 1. The van der Waals surface area contributed by atoms with Crippen LogP contribution in [-0.2, 0) is 0 Å². The molecule has 0 spiro atoms. The third-order valence-corrected chi connectivity index (χ3v) is 6.03. The lowest BCUT2D eigenvalue weighted by Gasteiger charge is -2.29. The van der Waals surface area contributed by atoms with Gasteiger partial charge in [0.25, 0.3) is 0 Å². The first-order valence-corrected chi connectivity index (χ1v) is 8.72. The number of anilines is 1. The molecule has 1 aromatic carbocycles. The average Bonchev–Trinajstić information content (AvgIpc) is 3.06. The van der Waals surface area contributed by atoms with Gasteiger partial charge in [-0.3, -0.25) is 0 Å². The topological polar surface area (TPSA) is 24.1 Å². The van der Waals surface area contributed by atoms with Crippen LogP contribution in [0.25, 0.3) is 0 Å². The first-order valence-electron chi connectivity index (χ1n) is 7.56. The van der Waals surface area contributed by atoms with Gasteiger partial charge in [0.1, 0.15) is 0 Å². The van der Waals surface area contributed by atoms with Crippen LogP contribution >= 0.6 is 35.4 Å². The molecule has 0 aliphatic heterocycles. The van der Waals surface area contributed by atoms with E-state index in [1.54, 1.807) is 6.07 Å². The first kappa shape index (κ1) is 15.4. The molecule has 2 fully saturated rings. The largest absolute Gasteiger partial charge is 0.360 e. The molecule has 0 heterocycles. The van der Waals surface area contributed by atoms with Gasteiger partial charge in [-0.1, -0.05) is 35.7 Å². The summed E-state index contributed by atoms with van der Waals surface area (Å²) in [5.74, 6) is 2.58. The molecule has 1 aromatic rings. The predicted octanol–water partition coefficient (Wildman–Crippen LogP) is 5.10. The van der Waals surface area contributed by atoms with E-state index in [0.717, 1.165) is 23.4 Å². The van der Waals surface area contributed by atoms with E-state index in [0.29, 0.717) is 21.2 Å². The highest BCUT2D eigenvalue weighted by Gasteiger charge is 2.41. The number of halogens is 2. The fourth-order valence-corrected chi connectivity index (χ4v) is 4.62. The average molecular weight is 343 g/mol. The normalized spacial score (nSPS) is 28.4. The van der Waals surface area contributed by atoms with Gasteiger partial charge in [-0.2, -0.15) is 0 Å². The minimum absolute atomic E-state index is 0.401.